The second kappa shape index (κ2) is 5.89. The third kappa shape index (κ3) is 3.48. The molecule has 0 spiro atoms. The summed E-state index contributed by atoms with van der Waals surface area (Å²) in [5.41, 5.74) is 1.02. The normalized spacial score (nSPS) is 18.3. The van der Waals surface area contributed by atoms with E-state index in [0.717, 1.165) is 18.4 Å². The van der Waals surface area contributed by atoms with Crippen molar-refractivity contribution < 1.29 is 4.79 Å². The standard InChI is InChI=1S/C13H22N4O/c1-10(11-8-14-17(2)9-11)15-13(18)16-12-6-4-3-5-7-12/h8-10,12H,3-7H2,1-2H3,(H2,15,16,18)/t10-/m1/s1. The Labute approximate surface area is 108 Å². The fraction of sp³-hybridized carbons (Fsp3) is 0.692. The van der Waals surface area contributed by atoms with E-state index in [1.54, 1.807) is 10.9 Å². The number of carbonyl (C=O) groups is 1. The SMILES string of the molecule is C[C@@H](NC(=O)NC1CCCCC1)c1cnn(C)c1. The van der Waals surface area contributed by atoms with Crippen molar-refractivity contribution in [1.29, 1.82) is 0 Å². The van der Waals surface area contributed by atoms with Gasteiger partial charge in [-0.1, -0.05) is 19.3 Å². The molecule has 100 valence electrons. The highest BCUT2D eigenvalue weighted by Gasteiger charge is 2.17. The molecule has 1 aromatic rings. The lowest BCUT2D eigenvalue weighted by molar-refractivity contribution is 0.229. The molecule has 1 aliphatic rings. The molecule has 0 saturated heterocycles. The van der Waals surface area contributed by atoms with Crippen molar-refractivity contribution in [2.45, 2.75) is 51.1 Å². The Bertz CT molecular complexity index is 395. The third-order valence-electron chi connectivity index (χ3n) is 3.51. The topological polar surface area (TPSA) is 59.0 Å². The molecule has 0 unspecified atom stereocenters. The number of rotatable bonds is 3. The van der Waals surface area contributed by atoms with Crippen molar-refractivity contribution in [3.63, 3.8) is 0 Å². The number of nitrogens with zero attached hydrogens (tertiary/aromatic N) is 2. The molecular formula is C13H22N4O. The van der Waals surface area contributed by atoms with Crippen LogP contribution in [0.2, 0.25) is 0 Å². The minimum Gasteiger partial charge on any atom is -0.335 e. The van der Waals surface area contributed by atoms with Crippen LogP contribution in [0.1, 0.15) is 50.6 Å². The Morgan fingerprint density at radius 2 is 2.17 bits per heavy atom. The maximum absolute atomic E-state index is 11.9. The van der Waals surface area contributed by atoms with Gasteiger partial charge in [0.2, 0.25) is 0 Å². The van der Waals surface area contributed by atoms with Crippen LogP contribution in [0.4, 0.5) is 4.79 Å². The molecule has 1 saturated carbocycles. The van der Waals surface area contributed by atoms with Gasteiger partial charge in [0.15, 0.2) is 0 Å². The molecule has 5 nitrogen and oxygen atoms in total. The number of hydrogen-bond donors (Lipinski definition) is 2. The summed E-state index contributed by atoms with van der Waals surface area (Å²) in [6, 6.07) is 0.264. The van der Waals surface area contributed by atoms with Gasteiger partial charge in [-0.15, -0.1) is 0 Å². The van der Waals surface area contributed by atoms with Crippen LogP contribution in [0.5, 0.6) is 0 Å². The molecule has 0 bridgehead atoms. The van der Waals surface area contributed by atoms with Crippen LogP contribution in [0.25, 0.3) is 0 Å². The lowest BCUT2D eigenvalue weighted by Crippen LogP contribution is -2.43. The zero-order chi connectivity index (χ0) is 13.0. The van der Waals surface area contributed by atoms with E-state index in [4.69, 9.17) is 0 Å². The fourth-order valence-electron chi connectivity index (χ4n) is 2.42. The van der Waals surface area contributed by atoms with E-state index in [1.165, 1.54) is 19.3 Å². The summed E-state index contributed by atoms with van der Waals surface area (Å²) in [4.78, 5) is 11.9. The maximum atomic E-state index is 11.9. The Morgan fingerprint density at radius 1 is 1.44 bits per heavy atom. The number of hydrogen-bond acceptors (Lipinski definition) is 2. The predicted octanol–water partition coefficient (Wildman–Crippen LogP) is 2.11. The Kier molecular flexibility index (Phi) is 4.23. The summed E-state index contributed by atoms with van der Waals surface area (Å²) >= 11 is 0. The molecule has 1 fully saturated rings. The molecule has 1 heterocycles. The van der Waals surface area contributed by atoms with Crippen molar-refractivity contribution >= 4 is 6.03 Å². The van der Waals surface area contributed by atoms with Crippen molar-refractivity contribution in [3.05, 3.63) is 18.0 Å². The van der Waals surface area contributed by atoms with E-state index in [2.05, 4.69) is 15.7 Å². The average molecular weight is 250 g/mol. The van der Waals surface area contributed by atoms with Crippen LogP contribution >= 0.6 is 0 Å². The van der Waals surface area contributed by atoms with Crippen LogP contribution < -0.4 is 10.6 Å². The number of amides is 2. The molecule has 1 aromatic heterocycles. The van der Waals surface area contributed by atoms with Crippen LogP contribution in [-0.4, -0.2) is 21.9 Å². The smallest absolute Gasteiger partial charge is 0.315 e. The lowest BCUT2D eigenvalue weighted by atomic mass is 9.96. The van der Waals surface area contributed by atoms with E-state index in [-0.39, 0.29) is 12.1 Å². The monoisotopic (exact) mass is 250 g/mol. The van der Waals surface area contributed by atoms with Crippen molar-refractivity contribution in [2.24, 2.45) is 7.05 Å². The van der Waals surface area contributed by atoms with Gasteiger partial charge in [-0.3, -0.25) is 4.68 Å². The molecule has 0 radical (unpaired) electrons. The third-order valence-corrected chi connectivity index (χ3v) is 3.51. The first kappa shape index (κ1) is 12.9. The maximum Gasteiger partial charge on any atom is 0.315 e. The molecule has 2 amide bonds. The first-order valence-electron chi connectivity index (χ1n) is 6.70. The average Bonchev–Trinajstić information content (AvgIpc) is 2.77. The molecule has 1 aliphatic carbocycles. The van der Waals surface area contributed by atoms with Crippen molar-refractivity contribution in [2.75, 3.05) is 0 Å². The summed E-state index contributed by atoms with van der Waals surface area (Å²) in [6.07, 6.45) is 9.67. The van der Waals surface area contributed by atoms with E-state index >= 15 is 0 Å². The summed E-state index contributed by atoms with van der Waals surface area (Å²) < 4.78 is 1.74. The summed E-state index contributed by atoms with van der Waals surface area (Å²) in [6.45, 7) is 1.97. The van der Waals surface area contributed by atoms with Gasteiger partial charge in [-0.25, -0.2) is 4.79 Å². The fourth-order valence-corrected chi connectivity index (χ4v) is 2.42. The lowest BCUT2D eigenvalue weighted by Gasteiger charge is -2.24. The number of nitrogens with one attached hydrogen (secondary N) is 2. The predicted molar refractivity (Wildman–Crippen MR) is 70.2 cm³/mol. The molecule has 0 aliphatic heterocycles. The Morgan fingerprint density at radius 3 is 2.78 bits per heavy atom. The largest absolute Gasteiger partial charge is 0.335 e. The van der Waals surface area contributed by atoms with Crippen LogP contribution in [-0.2, 0) is 7.05 Å². The Hall–Kier alpha value is -1.52. The van der Waals surface area contributed by atoms with Gasteiger partial charge < -0.3 is 10.6 Å². The Balaban J connectivity index is 1.79. The van der Waals surface area contributed by atoms with Gasteiger partial charge in [0, 0.05) is 24.8 Å². The number of urea groups is 1. The van der Waals surface area contributed by atoms with Gasteiger partial charge in [0.25, 0.3) is 0 Å². The van der Waals surface area contributed by atoms with Crippen LogP contribution in [0, 0.1) is 0 Å². The first-order chi connectivity index (χ1) is 8.65. The molecule has 1 atom stereocenters. The zero-order valence-electron chi connectivity index (χ0n) is 11.1. The number of carbonyl (C=O) groups excluding carboxylic acids is 1. The summed E-state index contributed by atoms with van der Waals surface area (Å²) in [7, 11) is 1.87. The second-order valence-corrected chi connectivity index (χ2v) is 5.12. The van der Waals surface area contributed by atoms with Crippen LogP contribution in [0.3, 0.4) is 0 Å². The highest BCUT2D eigenvalue weighted by atomic mass is 16.2. The van der Waals surface area contributed by atoms with Gasteiger partial charge in [0.05, 0.1) is 12.2 Å². The van der Waals surface area contributed by atoms with E-state index in [9.17, 15) is 4.79 Å². The molecule has 2 rings (SSSR count). The molecule has 5 heteroatoms. The van der Waals surface area contributed by atoms with E-state index < -0.39 is 0 Å². The molecular weight excluding hydrogens is 228 g/mol. The van der Waals surface area contributed by atoms with E-state index in [0.29, 0.717) is 6.04 Å². The number of aromatic nitrogens is 2. The molecule has 0 aromatic carbocycles. The second-order valence-electron chi connectivity index (χ2n) is 5.12. The summed E-state index contributed by atoms with van der Waals surface area (Å²) in [5.74, 6) is 0. The van der Waals surface area contributed by atoms with Gasteiger partial charge >= 0.3 is 6.03 Å². The van der Waals surface area contributed by atoms with Gasteiger partial charge in [0.1, 0.15) is 0 Å². The van der Waals surface area contributed by atoms with Gasteiger partial charge in [-0.2, -0.15) is 5.10 Å². The van der Waals surface area contributed by atoms with Crippen LogP contribution in [0.15, 0.2) is 12.4 Å². The highest BCUT2D eigenvalue weighted by molar-refractivity contribution is 5.74. The minimum absolute atomic E-state index is 0.0118. The van der Waals surface area contributed by atoms with Crippen molar-refractivity contribution in [3.8, 4) is 0 Å². The molecule has 2 N–H and O–H groups in total. The molecule has 18 heavy (non-hydrogen) atoms. The summed E-state index contributed by atoms with van der Waals surface area (Å²) in [5, 5.41) is 10.1. The van der Waals surface area contributed by atoms with E-state index in [1.807, 2.05) is 20.2 Å². The van der Waals surface area contributed by atoms with Crippen molar-refractivity contribution in [1.82, 2.24) is 20.4 Å². The first-order valence-corrected chi connectivity index (χ1v) is 6.70. The zero-order valence-corrected chi connectivity index (χ0v) is 11.1. The number of aryl methyl sites for hydroxylation is 1. The van der Waals surface area contributed by atoms with Gasteiger partial charge in [-0.05, 0) is 19.8 Å². The highest BCUT2D eigenvalue weighted by Crippen LogP contribution is 2.17. The quantitative estimate of drug-likeness (QED) is 0.863. The minimum atomic E-state index is -0.0711.